The van der Waals surface area contributed by atoms with Gasteiger partial charge in [0.1, 0.15) is 0 Å². The van der Waals surface area contributed by atoms with Crippen LogP contribution in [0, 0.1) is 10.1 Å². The molecule has 2 aromatic rings. The lowest BCUT2D eigenvalue weighted by molar-refractivity contribution is -0.386. The average Bonchev–Trinajstić information content (AvgIpc) is 2.68. The lowest BCUT2D eigenvalue weighted by atomic mass is 10.2. The number of methoxy groups -OCH3 is 1. The minimum absolute atomic E-state index is 0.0155. The van der Waals surface area contributed by atoms with Crippen molar-refractivity contribution in [3.8, 4) is 5.75 Å². The zero-order chi connectivity index (χ0) is 22.7. The summed E-state index contributed by atoms with van der Waals surface area (Å²) in [4.78, 5) is 9.95. The van der Waals surface area contributed by atoms with Gasteiger partial charge in [0.05, 0.1) is 33.2 Å². The standard InChI is InChI=1S/C17H22N4O7S2/c1-5-18-14-8-6-13(30(26,27)20(2)3)10-15(14)19-29(24,25)12-7-9-17(28-4)16(11-12)21(22)23/h6-11,18-19H,5H2,1-4H3. The van der Waals surface area contributed by atoms with E-state index in [4.69, 9.17) is 4.74 Å². The summed E-state index contributed by atoms with van der Waals surface area (Å²) in [6.07, 6.45) is 0. The van der Waals surface area contributed by atoms with E-state index in [2.05, 4.69) is 10.0 Å². The van der Waals surface area contributed by atoms with Crippen LogP contribution in [-0.4, -0.2) is 53.8 Å². The van der Waals surface area contributed by atoms with Crippen molar-refractivity contribution in [1.82, 2.24) is 4.31 Å². The molecule has 11 nitrogen and oxygen atoms in total. The first kappa shape index (κ1) is 23.4. The molecule has 0 spiro atoms. The summed E-state index contributed by atoms with van der Waals surface area (Å²) in [5.41, 5.74) is -0.184. The molecule has 0 atom stereocenters. The Morgan fingerprint density at radius 1 is 1.03 bits per heavy atom. The molecule has 0 aliphatic heterocycles. The first-order chi connectivity index (χ1) is 13.9. The lowest BCUT2D eigenvalue weighted by Crippen LogP contribution is -2.22. The largest absolute Gasteiger partial charge is 0.490 e. The number of hydrogen-bond acceptors (Lipinski definition) is 8. The second-order valence-electron chi connectivity index (χ2n) is 6.22. The Morgan fingerprint density at radius 3 is 2.20 bits per heavy atom. The molecule has 2 N–H and O–H groups in total. The fraction of sp³-hybridized carbons (Fsp3) is 0.294. The lowest BCUT2D eigenvalue weighted by Gasteiger charge is -2.17. The highest BCUT2D eigenvalue weighted by Crippen LogP contribution is 2.32. The Bertz CT molecular complexity index is 1160. The number of benzene rings is 2. The van der Waals surface area contributed by atoms with Crippen LogP contribution in [0.2, 0.25) is 0 Å². The maximum Gasteiger partial charge on any atom is 0.312 e. The van der Waals surface area contributed by atoms with Crippen molar-refractivity contribution in [2.45, 2.75) is 16.7 Å². The van der Waals surface area contributed by atoms with Gasteiger partial charge in [0.15, 0.2) is 5.75 Å². The quantitative estimate of drug-likeness (QED) is 0.429. The van der Waals surface area contributed by atoms with Crippen molar-refractivity contribution in [2.24, 2.45) is 0 Å². The molecule has 0 fully saturated rings. The van der Waals surface area contributed by atoms with Gasteiger partial charge in [0.2, 0.25) is 10.0 Å². The van der Waals surface area contributed by atoms with Crippen LogP contribution in [0.5, 0.6) is 5.75 Å². The molecule has 30 heavy (non-hydrogen) atoms. The molecular weight excluding hydrogens is 436 g/mol. The number of nitrogens with zero attached hydrogens (tertiary/aromatic N) is 2. The third-order valence-corrected chi connectivity index (χ3v) is 7.21. The summed E-state index contributed by atoms with van der Waals surface area (Å²) in [5, 5.41) is 14.1. The van der Waals surface area contributed by atoms with E-state index in [-0.39, 0.29) is 21.2 Å². The highest BCUT2D eigenvalue weighted by atomic mass is 32.2. The van der Waals surface area contributed by atoms with Gasteiger partial charge in [-0.3, -0.25) is 14.8 Å². The molecular formula is C17H22N4O7S2. The summed E-state index contributed by atoms with van der Waals surface area (Å²) < 4.78 is 58.8. The molecule has 0 saturated heterocycles. The second-order valence-corrected chi connectivity index (χ2v) is 10.1. The predicted octanol–water partition coefficient (Wildman–Crippen LogP) is 2.09. The molecule has 0 saturated carbocycles. The number of nitro benzene ring substituents is 1. The van der Waals surface area contributed by atoms with Crippen LogP contribution in [0.1, 0.15) is 6.92 Å². The number of ether oxygens (including phenoxy) is 1. The Morgan fingerprint density at radius 2 is 1.67 bits per heavy atom. The molecule has 0 bridgehead atoms. The number of anilines is 2. The molecule has 0 amide bonds. The molecule has 0 aromatic heterocycles. The molecule has 2 aromatic carbocycles. The van der Waals surface area contributed by atoms with E-state index in [1.807, 2.05) is 0 Å². The first-order valence-electron chi connectivity index (χ1n) is 8.59. The van der Waals surface area contributed by atoms with E-state index in [1.54, 1.807) is 6.92 Å². The fourth-order valence-electron chi connectivity index (χ4n) is 2.51. The van der Waals surface area contributed by atoms with E-state index in [9.17, 15) is 26.9 Å². The average molecular weight is 459 g/mol. The summed E-state index contributed by atoms with van der Waals surface area (Å²) in [6.45, 7) is 2.23. The van der Waals surface area contributed by atoms with Crippen LogP contribution >= 0.6 is 0 Å². The minimum atomic E-state index is -4.28. The van der Waals surface area contributed by atoms with Gasteiger partial charge >= 0.3 is 5.69 Å². The van der Waals surface area contributed by atoms with E-state index in [0.717, 1.165) is 16.4 Å². The van der Waals surface area contributed by atoms with Gasteiger partial charge in [-0.2, -0.15) is 0 Å². The molecule has 2 rings (SSSR count). The van der Waals surface area contributed by atoms with Gasteiger partial charge in [0.25, 0.3) is 10.0 Å². The molecule has 0 unspecified atom stereocenters. The van der Waals surface area contributed by atoms with Gasteiger partial charge in [-0.25, -0.2) is 21.1 Å². The van der Waals surface area contributed by atoms with E-state index >= 15 is 0 Å². The molecule has 13 heteroatoms. The smallest absolute Gasteiger partial charge is 0.312 e. The van der Waals surface area contributed by atoms with Crippen LogP contribution in [0.4, 0.5) is 17.1 Å². The predicted molar refractivity (Wildman–Crippen MR) is 112 cm³/mol. The Balaban J connectivity index is 2.56. The molecule has 0 heterocycles. The van der Waals surface area contributed by atoms with E-state index in [0.29, 0.717) is 12.2 Å². The molecule has 164 valence electrons. The summed E-state index contributed by atoms with van der Waals surface area (Å²) in [6, 6.07) is 7.17. The highest BCUT2D eigenvalue weighted by molar-refractivity contribution is 7.92. The maximum absolute atomic E-state index is 12.9. The van der Waals surface area contributed by atoms with Crippen molar-refractivity contribution in [3.05, 3.63) is 46.5 Å². The Hall–Kier alpha value is -2.90. The zero-order valence-corrected chi connectivity index (χ0v) is 18.4. The third-order valence-electron chi connectivity index (χ3n) is 4.04. The van der Waals surface area contributed by atoms with E-state index < -0.39 is 30.7 Å². The van der Waals surface area contributed by atoms with Gasteiger partial charge in [-0.15, -0.1) is 0 Å². The topological polar surface area (TPSA) is 148 Å². The van der Waals surface area contributed by atoms with Crippen LogP contribution in [0.3, 0.4) is 0 Å². The van der Waals surface area contributed by atoms with Crippen molar-refractivity contribution >= 4 is 37.1 Å². The Kier molecular flexibility index (Phi) is 6.90. The maximum atomic E-state index is 12.9. The van der Waals surface area contributed by atoms with Crippen molar-refractivity contribution in [1.29, 1.82) is 0 Å². The van der Waals surface area contributed by atoms with Gasteiger partial charge < -0.3 is 10.1 Å². The molecule has 0 aliphatic rings. The van der Waals surface area contributed by atoms with Crippen molar-refractivity contribution in [2.75, 3.05) is 37.8 Å². The Labute approximate surface area is 174 Å². The number of nitrogens with one attached hydrogen (secondary N) is 2. The minimum Gasteiger partial charge on any atom is -0.490 e. The van der Waals surface area contributed by atoms with Crippen molar-refractivity contribution in [3.63, 3.8) is 0 Å². The van der Waals surface area contributed by atoms with Crippen LogP contribution < -0.4 is 14.8 Å². The SMILES string of the molecule is CCNc1ccc(S(=O)(=O)N(C)C)cc1NS(=O)(=O)c1ccc(OC)c([N+](=O)[O-])c1. The number of hydrogen-bond donors (Lipinski definition) is 2. The summed E-state index contributed by atoms with van der Waals surface area (Å²) in [7, 11) is -4.15. The van der Waals surface area contributed by atoms with Gasteiger partial charge in [-0.1, -0.05) is 0 Å². The van der Waals surface area contributed by atoms with Gasteiger partial charge in [0, 0.05) is 26.7 Å². The number of nitro groups is 1. The summed E-state index contributed by atoms with van der Waals surface area (Å²) in [5.74, 6) is -0.0913. The summed E-state index contributed by atoms with van der Waals surface area (Å²) >= 11 is 0. The van der Waals surface area contributed by atoms with Crippen molar-refractivity contribution < 1.29 is 26.5 Å². The normalized spacial score (nSPS) is 11.9. The van der Waals surface area contributed by atoms with Crippen LogP contribution in [0.25, 0.3) is 0 Å². The highest BCUT2D eigenvalue weighted by Gasteiger charge is 2.24. The van der Waals surface area contributed by atoms with Crippen LogP contribution in [0.15, 0.2) is 46.2 Å². The monoisotopic (exact) mass is 458 g/mol. The second kappa shape index (κ2) is 8.85. The first-order valence-corrected chi connectivity index (χ1v) is 11.5. The number of rotatable bonds is 9. The number of sulfonamides is 2. The third kappa shape index (κ3) is 4.80. The fourth-order valence-corrected chi connectivity index (χ4v) is 4.53. The van der Waals surface area contributed by atoms with Crippen LogP contribution in [-0.2, 0) is 20.0 Å². The van der Waals surface area contributed by atoms with E-state index in [1.165, 1.54) is 45.5 Å². The molecule has 0 aliphatic carbocycles. The zero-order valence-electron chi connectivity index (χ0n) is 16.7. The molecule has 0 radical (unpaired) electrons. The van der Waals surface area contributed by atoms with Gasteiger partial charge in [-0.05, 0) is 37.3 Å².